The van der Waals surface area contributed by atoms with Gasteiger partial charge in [0.15, 0.2) is 0 Å². The number of nitrogens with zero attached hydrogens (tertiary/aromatic N) is 2. The zero-order valence-corrected chi connectivity index (χ0v) is 11.2. The van der Waals surface area contributed by atoms with Crippen molar-refractivity contribution in [1.82, 2.24) is 15.2 Å². The van der Waals surface area contributed by atoms with Gasteiger partial charge < -0.3 is 10.2 Å². The second-order valence-electron chi connectivity index (χ2n) is 4.51. The average Bonchev–Trinajstić information content (AvgIpc) is 2.37. The Morgan fingerprint density at radius 1 is 1.18 bits per heavy atom. The summed E-state index contributed by atoms with van der Waals surface area (Å²) in [4.78, 5) is 6.40. The van der Waals surface area contributed by atoms with E-state index in [0.29, 0.717) is 0 Å². The van der Waals surface area contributed by atoms with Gasteiger partial charge in [-0.05, 0) is 44.1 Å². The van der Waals surface area contributed by atoms with Crippen LogP contribution >= 0.6 is 0 Å². The van der Waals surface area contributed by atoms with Gasteiger partial charge in [-0.15, -0.1) is 0 Å². The van der Waals surface area contributed by atoms with Gasteiger partial charge in [-0.3, -0.25) is 4.98 Å². The Morgan fingerprint density at radius 3 is 2.65 bits per heavy atom. The highest BCUT2D eigenvalue weighted by molar-refractivity contribution is 5.09. The summed E-state index contributed by atoms with van der Waals surface area (Å²) in [5.41, 5.74) is 1.37. The van der Waals surface area contributed by atoms with E-state index in [4.69, 9.17) is 0 Å². The molecule has 0 saturated heterocycles. The van der Waals surface area contributed by atoms with E-state index >= 15 is 0 Å². The Balaban J connectivity index is 2.03. The van der Waals surface area contributed by atoms with Crippen LogP contribution in [0.5, 0.6) is 0 Å². The Morgan fingerprint density at radius 2 is 1.94 bits per heavy atom. The van der Waals surface area contributed by atoms with E-state index in [-0.39, 0.29) is 0 Å². The van der Waals surface area contributed by atoms with Crippen molar-refractivity contribution in [3.05, 3.63) is 30.1 Å². The van der Waals surface area contributed by atoms with Gasteiger partial charge >= 0.3 is 0 Å². The first-order valence-corrected chi connectivity index (χ1v) is 6.61. The highest BCUT2D eigenvalue weighted by atomic mass is 15.1. The molecule has 0 aliphatic rings. The highest BCUT2D eigenvalue weighted by Crippen LogP contribution is 1.98. The summed E-state index contributed by atoms with van der Waals surface area (Å²) >= 11 is 0. The summed E-state index contributed by atoms with van der Waals surface area (Å²) in [5, 5.41) is 3.46. The van der Waals surface area contributed by atoms with Crippen molar-refractivity contribution in [2.75, 3.05) is 33.2 Å². The lowest BCUT2D eigenvalue weighted by atomic mass is 10.2. The van der Waals surface area contributed by atoms with E-state index < -0.39 is 0 Å². The minimum atomic E-state index is 1.09. The number of unbranched alkanes of at least 4 members (excludes halogenated alkanes) is 1. The van der Waals surface area contributed by atoms with Gasteiger partial charge in [0.25, 0.3) is 0 Å². The van der Waals surface area contributed by atoms with Crippen LogP contribution in [-0.2, 0) is 6.42 Å². The molecule has 0 saturated carbocycles. The monoisotopic (exact) mass is 235 g/mol. The summed E-state index contributed by atoms with van der Waals surface area (Å²) in [5.74, 6) is 0. The van der Waals surface area contributed by atoms with Crippen LogP contribution in [0.2, 0.25) is 0 Å². The lowest BCUT2D eigenvalue weighted by molar-refractivity contribution is 0.335. The van der Waals surface area contributed by atoms with Crippen LogP contribution in [0, 0.1) is 0 Å². The maximum atomic E-state index is 4.03. The molecule has 0 bridgehead atoms. The van der Waals surface area contributed by atoms with Crippen molar-refractivity contribution in [2.24, 2.45) is 0 Å². The van der Waals surface area contributed by atoms with Gasteiger partial charge in [-0.1, -0.05) is 13.3 Å². The molecular formula is C14H25N3. The molecule has 1 N–H and O–H groups in total. The highest BCUT2D eigenvalue weighted by Gasteiger charge is 1.98. The molecule has 0 radical (unpaired) electrons. The van der Waals surface area contributed by atoms with Gasteiger partial charge in [0.05, 0.1) is 0 Å². The molecule has 0 amide bonds. The number of likely N-dealkylation sites (N-methyl/N-ethyl adjacent to an activating group) is 1. The van der Waals surface area contributed by atoms with Crippen LogP contribution in [0.3, 0.4) is 0 Å². The van der Waals surface area contributed by atoms with Crippen LogP contribution in [-0.4, -0.2) is 43.1 Å². The standard InChI is InChI=1S/C14H25N3/c1-3-4-8-15-11-13-17(2)12-7-14-5-9-16-10-6-14/h5-6,9-10,15H,3-4,7-8,11-13H2,1-2H3. The third kappa shape index (κ3) is 7.08. The Bertz CT molecular complexity index is 274. The molecule has 96 valence electrons. The van der Waals surface area contributed by atoms with Crippen LogP contribution in [0.15, 0.2) is 24.5 Å². The van der Waals surface area contributed by atoms with Crippen LogP contribution in [0.25, 0.3) is 0 Å². The largest absolute Gasteiger partial charge is 0.315 e. The summed E-state index contributed by atoms with van der Waals surface area (Å²) in [7, 11) is 2.18. The van der Waals surface area contributed by atoms with Crippen molar-refractivity contribution in [1.29, 1.82) is 0 Å². The Hall–Kier alpha value is -0.930. The lowest BCUT2D eigenvalue weighted by Crippen LogP contribution is -2.31. The Kier molecular flexibility index (Phi) is 7.60. The first kappa shape index (κ1) is 14.1. The lowest BCUT2D eigenvalue weighted by Gasteiger charge is -2.16. The second kappa shape index (κ2) is 9.14. The quantitative estimate of drug-likeness (QED) is 0.663. The summed E-state index contributed by atoms with van der Waals surface area (Å²) in [6.45, 7) is 6.69. The minimum Gasteiger partial charge on any atom is -0.315 e. The van der Waals surface area contributed by atoms with Crippen LogP contribution < -0.4 is 5.32 Å². The summed E-state index contributed by atoms with van der Waals surface area (Å²) in [6.07, 6.45) is 7.38. The molecule has 0 aliphatic heterocycles. The fourth-order valence-corrected chi connectivity index (χ4v) is 1.68. The maximum absolute atomic E-state index is 4.03. The molecule has 3 nitrogen and oxygen atoms in total. The third-order valence-electron chi connectivity index (χ3n) is 2.91. The first-order chi connectivity index (χ1) is 8.33. The molecule has 0 aromatic carbocycles. The van der Waals surface area contributed by atoms with Crippen LogP contribution in [0.1, 0.15) is 25.3 Å². The predicted octanol–water partition coefficient (Wildman–Crippen LogP) is 1.95. The van der Waals surface area contributed by atoms with Crippen molar-refractivity contribution in [3.8, 4) is 0 Å². The number of rotatable bonds is 9. The van der Waals surface area contributed by atoms with Crippen molar-refractivity contribution >= 4 is 0 Å². The molecule has 0 atom stereocenters. The number of hydrogen-bond acceptors (Lipinski definition) is 3. The molecule has 3 heteroatoms. The molecular weight excluding hydrogens is 210 g/mol. The van der Waals surface area contributed by atoms with Gasteiger partial charge in [0.2, 0.25) is 0 Å². The van der Waals surface area contributed by atoms with E-state index in [9.17, 15) is 0 Å². The van der Waals surface area contributed by atoms with Gasteiger partial charge in [-0.2, -0.15) is 0 Å². The average molecular weight is 235 g/mol. The van der Waals surface area contributed by atoms with E-state index in [1.807, 2.05) is 12.4 Å². The molecule has 0 unspecified atom stereocenters. The van der Waals surface area contributed by atoms with E-state index in [1.54, 1.807) is 0 Å². The zero-order valence-electron chi connectivity index (χ0n) is 11.2. The maximum Gasteiger partial charge on any atom is 0.0270 e. The fourth-order valence-electron chi connectivity index (χ4n) is 1.68. The van der Waals surface area contributed by atoms with E-state index in [0.717, 1.165) is 32.6 Å². The van der Waals surface area contributed by atoms with E-state index in [2.05, 4.69) is 41.3 Å². The van der Waals surface area contributed by atoms with Crippen molar-refractivity contribution in [3.63, 3.8) is 0 Å². The smallest absolute Gasteiger partial charge is 0.0270 e. The topological polar surface area (TPSA) is 28.2 Å². The fraction of sp³-hybridized carbons (Fsp3) is 0.643. The van der Waals surface area contributed by atoms with Crippen LogP contribution in [0.4, 0.5) is 0 Å². The predicted molar refractivity (Wildman–Crippen MR) is 73.2 cm³/mol. The van der Waals surface area contributed by atoms with Gasteiger partial charge in [0, 0.05) is 32.0 Å². The van der Waals surface area contributed by atoms with E-state index in [1.165, 1.54) is 18.4 Å². The Labute approximate surface area is 105 Å². The van der Waals surface area contributed by atoms with Crippen molar-refractivity contribution in [2.45, 2.75) is 26.2 Å². The number of aromatic nitrogens is 1. The molecule has 1 aromatic rings. The molecule has 17 heavy (non-hydrogen) atoms. The molecule has 0 aliphatic carbocycles. The summed E-state index contributed by atoms with van der Waals surface area (Å²) < 4.78 is 0. The minimum absolute atomic E-state index is 1.09. The molecule has 0 fully saturated rings. The molecule has 0 spiro atoms. The van der Waals surface area contributed by atoms with Gasteiger partial charge in [-0.25, -0.2) is 0 Å². The van der Waals surface area contributed by atoms with Gasteiger partial charge in [0.1, 0.15) is 0 Å². The van der Waals surface area contributed by atoms with Crippen molar-refractivity contribution < 1.29 is 0 Å². The SMILES string of the molecule is CCCCNCCN(C)CCc1ccncc1. The number of nitrogens with one attached hydrogen (secondary N) is 1. The molecule has 1 rings (SSSR count). The number of hydrogen-bond donors (Lipinski definition) is 1. The summed E-state index contributed by atoms with van der Waals surface area (Å²) in [6, 6.07) is 4.18. The second-order valence-corrected chi connectivity index (χ2v) is 4.51. The number of pyridine rings is 1. The zero-order chi connectivity index (χ0) is 12.3. The molecule has 1 heterocycles. The first-order valence-electron chi connectivity index (χ1n) is 6.61. The third-order valence-corrected chi connectivity index (χ3v) is 2.91. The molecule has 1 aromatic heterocycles. The normalized spacial score (nSPS) is 11.0.